The van der Waals surface area contributed by atoms with E-state index in [2.05, 4.69) is 45.4 Å². The van der Waals surface area contributed by atoms with Crippen molar-refractivity contribution >= 4 is 38.6 Å². The first-order chi connectivity index (χ1) is 8.04. The first kappa shape index (κ1) is 12.9. The maximum absolute atomic E-state index is 6.23. The van der Waals surface area contributed by atoms with Crippen LogP contribution in [0.3, 0.4) is 0 Å². The van der Waals surface area contributed by atoms with E-state index < -0.39 is 0 Å². The van der Waals surface area contributed by atoms with E-state index in [0.717, 1.165) is 27.8 Å². The van der Waals surface area contributed by atoms with Gasteiger partial charge in [-0.2, -0.15) is 0 Å². The molecule has 0 spiro atoms. The number of benzene rings is 1. The summed E-state index contributed by atoms with van der Waals surface area (Å²) >= 11 is 9.74. The maximum atomic E-state index is 6.23. The molecule has 2 aromatic rings. The number of hydrogen-bond donors (Lipinski definition) is 0. The van der Waals surface area contributed by atoms with E-state index in [1.54, 1.807) is 0 Å². The molecule has 0 aliphatic rings. The number of halogens is 2. The summed E-state index contributed by atoms with van der Waals surface area (Å²) in [6, 6.07) is 6.56. The van der Waals surface area contributed by atoms with Crippen molar-refractivity contribution in [2.75, 3.05) is 0 Å². The van der Waals surface area contributed by atoms with Crippen molar-refractivity contribution in [2.45, 2.75) is 38.6 Å². The van der Waals surface area contributed by atoms with Gasteiger partial charge in [-0.05, 0) is 38.5 Å². The van der Waals surface area contributed by atoms with Crippen LogP contribution in [-0.2, 0) is 0 Å². The van der Waals surface area contributed by atoms with Gasteiger partial charge >= 0.3 is 0 Å². The number of rotatable bonds is 3. The molecule has 0 saturated carbocycles. The van der Waals surface area contributed by atoms with E-state index in [9.17, 15) is 0 Å². The van der Waals surface area contributed by atoms with Crippen LogP contribution >= 0.6 is 27.5 Å². The SMILES string of the molecule is CCC(C)n1c(C(C)Cl)nc2ccc(Br)cc21. The fourth-order valence-electron chi connectivity index (χ4n) is 2.01. The van der Waals surface area contributed by atoms with E-state index in [0.29, 0.717) is 6.04 Å². The minimum atomic E-state index is -0.0739. The van der Waals surface area contributed by atoms with E-state index in [1.165, 1.54) is 0 Å². The molecule has 17 heavy (non-hydrogen) atoms. The molecule has 2 rings (SSSR count). The quantitative estimate of drug-likeness (QED) is 0.723. The predicted molar refractivity (Wildman–Crippen MR) is 76.7 cm³/mol. The van der Waals surface area contributed by atoms with Crippen molar-refractivity contribution in [1.82, 2.24) is 9.55 Å². The van der Waals surface area contributed by atoms with Crippen LogP contribution in [0.25, 0.3) is 11.0 Å². The number of hydrogen-bond acceptors (Lipinski definition) is 1. The van der Waals surface area contributed by atoms with Gasteiger partial charge in [-0.25, -0.2) is 4.98 Å². The second kappa shape index (κ2) is 4.99. The van der Waals surface area contributed by atoms with Crippen LogP contribution in [0.5, 0.6) is 0 Å². The van der Waals surface area contributed by atoms with Crippen LogP contribution in [-0.4, -0.2) is 9.55 Å². The molecule has 1 aromatic heterocycles. The van der Waals surface area contributed by atoms with Crippen LogP contribution in [0.1, 0.15) is 44.4 Å². The molecule has 4 heteroatoms. The molecule has 92 valence electrons. The molecule has 2 nitrogen and oxygen atoms in total. The van der Waals surface area contributed by atoms with Gasteiger partial charge in [0.15, 0.2) is 0 Å². The van der Waals surface area contributed by atoms with Gasteiger partial charge in [0.25, 0.3) is 0 Å². The Morgan fingerprint density at radius 2 is 2.12 bits per heavy atom. The molecule has 0 saturated heterocycles. The van der Waals surface area contributed by atoms with Gasteiger partial charge in [-0.3, -0.25) is 0 Å². The highest BCUT2D eigenvalue weighted by Gasteiger charge is 2.18. The molecule has 0 aliphatic heterocycles. The summed E-state index contributed by atoms with van der Waals surface area (Å²) in [5, 5.41) is -0.0739. The first-order valence-electron chi connectivity index (χ1n) is 5.86. The van der Waals surface area contributed by atoms with Crippen molar-refractivity contribution in [2.24, 2.45) is 0 Å². The normalized spacial score (nSPS) is 15.1. The van der Waals surface area contributed by atoms with Crippen molar-refractivity contribution in [3.8, 4) is 0 Å². The molecule has 2 unspecified atom stereocenters. The van der Waals surface area contributed by atoms with Crippen molar-refractivity contribution in [1.29, 1.82) is 0 Å². The molecule has 0 amide bonds. The smallest absolute Gasteiger partial charge is 0.127 e. The molecule has 2 atom stereocenters. The van der Waals surface area contributed by atoms with E-state index in [-0.39, 0.29) is 5.38 Å². The van der Waals surface area contributed by atoms with Gasteiger partial charge in [0.2, 0.25) is 0 Å². The van der Waals surface area contributed by atoms with Gasteiger partial charge in [-0.15, -0.1) is 11.6 Å². The Balaban J connectivity index is 2.73. The summed E-state index contributed by atoms with van der Waals surface area (Å²) in [5.74, 6) is 0.953. The lowest BCUT2D eigenvalue weighted by atomic mass is 10.2. The van der Waals surface area contributed by atoms with Crippen LogP contribution in [0.4, 0.5) is 0 Å². The Bertz CT molecular complexity index is 533. The Labute approximate surface area is 115 Å². The highest BCUT2D eigenvalue weighted by atomic mass is 79.9. The van der Waals surface area contributed by atoms with E-state index in [1.807, 2.05) is 19.1 Å². The van der Waals surface area contributed by atoms with E-state index in [4.69, 9.17) is 11.6 Å². The largest absolute Gasteiger partial charge is 0.324 e. The summed E-state index contributed by atoms with van der Waals surface area (Å²) in [6.45, 7) is 6.35. The van der Waals surface area contributed by atoms with Crippen LogP contribution in [0.2, 0.25) is 0 Å². The third kappa shape index (κ3) is 2.36. The van der Waals surface area contributed by atoms with Gasteiger partial charge in [0, 0.05) is 10.5 Å². The minimum Gasteiger partial charge on any atom is -0.324 e. The fourth-order valence-corrected chi connectivity index (χ4v) is 2.51. The molecule has 1 aromatic carbocycles. The number of nitrogens with zero attached hydrogens (tertiary/aromatic N) is 2. The van der Waals surface area contributed by atoms with Gasteiger partial charge in [0.05, 0.1) is 16.4 Å². The summed E-state index contributed by atoms with van der Waals surface area (Å²) < 4.78 is 3.32. The third-order valence-corrected chi connectivity index (χ3v) is 3.75. The number of imidazole rings is 1. The zero-order valence-electron chi connectivity index (χ0n) is 10.2. The second-order valence-electron chi connectivity index (χ2n) is 4.35. The molecule has 0 bridgehead atoms. The Hall–Kier alpha value is -0.540. The number of alkyl halides is 1. The maximum Gasteiger partial charge on any atom is 0.127 e. The van der Waals surface area contributed by atoms with E-state index >= 15 is 0 Å². The van der Waals surface area contributed by atoms with Gasteiger partial charge < -0.3 is 4.57 Å². The zero-order chi connectivity index (χ0) is 12.6. The van der Waals surface area contributed by atoms with Crippen molar-refractivity contribution in [3.63, 3.8) is 0 Å². The second-order valence-corrected chi connectivity index (χ2v) is 5.92. The average Bonchev–Trinajstić information content (AvgIpc) is 2.66. The molecule has 0 fully saturated rings. The molecular formula is C13H16BrClN2. The fraction of sp³-hybridized carbons (Fsp3) is 0.462. The monoisotopic (exact) mass is 314 g/mol. The number of aromatic nitrogens is 2. The number of fused-ring (bicyclic) bond motifs is 1. The first-order valence-corrected chi connectivity index (χ1v) is 7.09. The Morgan fingerprint density at radius 1 is 1.41 bits per heavy atom. The van der Waals surface area contributed by atoms with Crippen LogP contribution in [0.15, 0.2) is 22.7 Å². The van der Waals surface area contributed by atoms with Gasteiger partial charge in [0.1, 0.15) is 5.82 Å². The van der Waals surface area contributed by atoms with Crippen molar-refractivity contribution in [3.05, 3.63) is 28.5 Å². The average molecular weight is 316 g/mol. The summed E-state index contributed by atoms with van der Waals surface area (Å²) in [5.41, 5.74) is 2.16. The molecule has 0 N–H and O–H groups in total. The van der Waals surface area contributed by atoms with Crippen LogP contribution in [0, 0.1) is 0 Å². The Kier molecular flexibility index (Phi) is 3.79. The predicted octanol–water partition coefficient (Wildman–Crippen LogP) is 5.07. The van der Waals surface area contributed by atoms with Gasteiger partial charge in [-0.1, -0.05) is 22.9 Å². The lowest BCUT2D eigenvalue weighted by molar-refractivity contribution is 0.522. The summed E-state index contributed by atoms with van der Waals surface area (Å²) in [7, 11) is 0. The zero-order valence-corrected chi connectivity index (χ0v) is 12.6. The topological polar surface area (TPSA) is 17.8 Å². The third-order valence-electron chi connectivity index (χ3n) is 3.07. The minimum absolute atomic E-state index is 0.0739. The van der Waals surface area contributed by atoms with Crippen molar-refractivity contribution < 1.29 is 0 Å². The summed E-state index contributed by atoms with van der Waals surface area (Å²) in [6.07, 6.45) is 1.06. The Morgan fingerprint density at radius 3 is 2.71 bits per heavy atom. The molecular weight excluding hydrogens is 300 g/mol. The standard InChI is InChI=1S/C13H16BrClN2/c1-4-8(2)17-12-7-10(14)5-6-11(12)16-13(17)9(3)15/h5-9H,4H2,1-3H3. The highest BCUT2D eigenvalue weighted by Crippen LogP contribution is 2.30. The highest BCUT2D eigenvalue weighted by molar-refractivity contribution is 9.10. The molecule has 0 aliphatic carbocycles. The lowest BCUT2D eigenvalue weighted by Crippen LogP contribution is -2.08. The molecule has 0 radical (unpaired) electrons. The van der Waals surface area contributed by atoms with Crippen LogP contribution < -0.4 is 0 Å². The molecule has 1 heterocycles. The lowest BCUT2D eigenvalue weighted by Gasteiger charge is -2.16. The summed E-state index contributed by atoms with van der Waals surface area (Å²) in [4.78, 5) is 4.63.